The molecule has 0 saturated carbocycles. The van der Waals surface area contributed by atoms with Crippen LogP contribution in [0.25, 0.3) is 0 Å². The quantitative estimate of drug-likeness (QED) is 0.705. The van der Waals surface area contributed by atoms with Crippen LogP contribution in [0.3, 0.4) is 0 Å². The number of hydrogen-bond donors (Lipinski definition) is 2. The summed E-state index contributed by atoms with van der Waals surface area (Å²) in [7, 11) is -3.05. The number of hydrogen-bond acceptors (Lipinski definition) is 7. The van der Waals surface area contributed by atoms with Gasteiger partial charge in [-0.3, -0.25) is 4.79 Å². The van der Waals surface area contributed by atoms with Crippen LogP contribution in [-0.4, -0.2) is 39.3 Å². The molecule has 0 atom stereocenters. The number of benzene rings is 2. The van der Waals surface area contributed by atoms with Gasteiger partial charge in [-0.1, -0.05) is 18.2 Å². The number of carbonyl (C=O) groups excluding carboxylic acids is 1. The van der Waals surface area contributed by atoms with Crippen LogP contribution >= 0.6 is 0 Å². The molecule has 2 aromatic rings. The van der Waals surface area contributed by atoms with Gasteiger partial charge in [0.05, 0.1) is 12.0 Å². The Morgan fingerprint density at radius 3 is 1.96 bits per heavy atom. The molecule has 8 heteroatoms. The van der Waals surface area contributed by atoms with Crippen molar-refractivity contribution in [3.63, 3.8) is 0 Å². The summed E-state index contributed by atoms with van der Waals surface area (Å²) in [5.74, 6) is 0.0855. The molecule has 0 heterocycles. The summed E-state index contributed by atoms with van der Waals surface area (Å²) in [6, 6.07) is 14.7. The summed E-state index contributed by atoms with van der Waals surface area (Å²) in [6.45, 7) is -0.971. The van der Waals surface area contributed by atoms with Gasteiger partial charge in [0, 0.05) is 13.1 Å². The Morgan fingerprint density at radius 2 is 1.48 bits per heavy atom. The molecule has 0 aromatic heterocycles. The smallest absolute Gasteiger partial charge is 0.330 e. The van der Waals surface area contributed by atoms with Gasteiger partial charge in [-0.2, -0.15) is 0 Å². The van der Waals surface area contributed by atoms with E-state index >= 15 is 0 Å². The van der Waals surface area contributed by atoms with Gasteiger partial charge in [-0.25, -0.2) is 8.42 Å². The molecule has 134 valence electrons. The minimum atomic E-state index is -4.14. The third-order valence-electron chi connectivity index (χ3n) is 3.84. The molecule has 2 rings (SSSR count). The van der Waals surface area contributed by atoms with E-state index in [4.69, 9.17) is 16.2 Å². The Balaban J connectivity index is 2.35. The molecular formula is C17H20N2O5S. The van der Waals surface area contributed by atoms with Crippen LogP contribution in [0.4, 0.5) is 0 Å². The van der Waals surface area contributed by atoms with Crippen LogP contribution in [0.2, 0.25) is 0 Å². The molecule has 0 fully saturated rings. The minimum absolute atomic E-state index is 0.0887. The molecule has 7 nitrogen and oxygen atoms in total. The van der Waals surface area contributed by atoms with Crippen LogP contribution in [-0.2, 0) is 19.4 Å². The second-order valence-corrected chi connectivity index (χ2v) is 7.54. The number of esters is 1. The summed E-state index contributed by atoms with van der Waals surface area (Å²) in [5.41, 5.74) is 11.1. The van der Waals surface area contributed by atoms with E-state index in [0.717, 1.165) is 7.11 Å². The molecule has 0 aliphatic carbocycles. The first kappa shape index (κ1) is 18.9. The number of ether oxygens (including phenoxy) is 2. The van der Waals surface area contributed by atoms with Gasteiger partial charge in [0.1, 0.15) is 11.5 Å². The van der Waals surface area contributed by atoms with Gasteiger partial charge in [-0.15, -0.1) is 0 Å². The highest BCUT2D eigenvalue weighted by Crippen LogP contribution is 2.29. The maximum absolute atomic E-state index is 12.9. The van der Waals surface area contributed by atoms with Crippen molar-refractivity contribution in [1.82, 2.24) is 0 Å². The number of carbonyl (C=O) groups is 1. The van der Waals surface area contributed by atoms with Crippen LogP contribution in [0, 0.1) is 0 Å². The standard InChI is InChI=1S/C17H20N2O5S/c1-23-16(20)17(11-18,12-19)25(21,22)15-9-7-14(8-10-15)24-13-5-3-2-4-6-13/h2-10H,11-12,18-19H2,1H3. The fourth-order valence-electron chi connectivity index (χ4n) is 2.30. The summed E-state index contributed by atoms with van der Waals surface area (Å²) in [6.07, 6.45) is 0. The molecule has 0 aliphatic rings. The monoisotopic (exact) mass is 364 g/mol. The van der Waals surface area contributed by atoms with Crippen molar-refractivity contribution in [1.29, 1.82) is 0 Å². The van der Waals surface area contributed by atoms with Crippen molar-refractivity contribution < 1.29 is 22.7 Å². The van der Waals surface area contributed by atoms with Crippen molar-refractivity contribution in [3.8, 4) is 11.5 Å². The zero-order chi connectivity index (χ0) is 18.5. The molecule has 2 aromatic carbocycles. The summed E-state index contributed by atoms with van der Waals surface area (Å²) in [4.78, 5) is 11.9. The zero-order valence-corrected chi connectivity index (χ0v) is 14.5. The predicted octanol–water partition coefficient (Wildman–Crippen LogP) is 1.08. The van der Waals surface area contributed by atoms with Gasteiger partial charge in [0.25, 0.3) is 0 Å². The number of para-hydroxylation sites is 1. The van der Waals surface area contributed by atoms with Gasteiger partial charge in [-0.05, 0) is 36.4 Å². The molecule has 0 unspecified atom stereocenters. The van der Waals surface area contributed by atoms with Crippen LogP contribution in [0.5, 0.6) is 11.5 Å². The average Bonchev–Trinajstić information content (AvgIpc) is 2.64. The molecule has 0 spiro atoms. The molecule has 0 bridgehead atoms. The van der Waals surface area contributed by atoms with Gasteiger partial charge in [0.15, 0.2) is 14.6 Å². The zero-order valence-electron chi connectivity index (χ0n) is 13.7. The second kappa shape index (κ2) is 7.64. The number of sulfone groups is 1. The normalized spacial score (nSPS) is 11.8. The van der Waals surface area contributed by atoms with Crippen LogP contribution in [0.15, 0.2) is 59.5 Å². The fraction of sp³-hybridized carbons (Fsp3) is 0.235. The largest absolute Gasteiger partial charge is 0.468 e. The van der Waals surface area contributed by atoms with Crippen molar-refractivity contribution in [2.24, 2.45) is 11.5 Å². The van der Waals surface area contributed by atoms with E-state index in [1.54, 1.807) is 12.1 Å². The van der Waals surface area contributed by atoms with Crippen molar-refractivity contribution in [2.75, 3.05) is 20.2 Å². The van der Waals surface area contributed by atoms with E-state index < -0.39 is 33.6 Å². The highest BCUT2D eigenvalue weighted by atomic mass is 32.2. The highest BCUT2D eigenvalue weighted by Gasteiger charge is 2.50. The lowest BCUT2D eigenvalue weighted by Crippen LogP contribution is -2.58. The van der Waals surface area contributed by atoms with E-state index in [0.29, 0.717) is 11.5 Å². The fourth-order valence-corrected chi connectivity index (χ4v) is 3.99. The topological polar surface area (TPSA) is 122 Å². The Labute approximate surface area is 146 Å². The third-order valence-corrected chi connectivity index (χ3v) is 6.27. The Bertz CT molecular complexity index is 816. The van der Waals surface area contributed by atoms with Gasteiger partial charge in [0.2, 0.25) is 0 Å². The van der Waals surface area contributed by atoms with E-state index in [9.17, 15) is 13.2 Å². The van der Waals surface area contributed by atoms with E-state index in [-0.39, 0.29) is 4.90 Å². The summed E-state index contributed by atoms with van der Waals surface area (Å²) in [5, 5.41) is 0. The maximum Gasteiger partial charge on any atom is 0.330 e. The minimum Gasteiger partial charge on any atom is -0.468 e. The summed E-state index contributed by atoms with van der Waals surface area (Å²) >= 11 is 0. The molecule has 25 heavy (non-hydrogen) atoms. The molecule has 0 saturated heterocycles. The number of methoxy groups -OCH3 is 1. The molecule has 4 N–H and O–H groups in total. The average molecular weight is 364 g/mol. The van der Waals surface area contributed by atoms with Gasteiger partial charge < -0.3 is 20.9 Å². The highest BCUT2D eigenvalue weighted by molar-refractivity contribution is 7.93. The molecular weight excluding hydrogens is 344 g/mol. The van der Waals surface area contributed by atoms with Crippen molar-refractivity contribution in [3.05, 3.63) is 54.6 Å². The maximum atomic E-state index is 12.9. The predicted molar refractivity (Wildman–Crippen MR) is 93.0 cm³/mol. The SMILES string of the molecule is COC(=O)C(CN)(CN)S(=O)(=O)c1ccc(Oc2ccccc2)cc1. The second-order valence-electron chi connectivity index (χ2n) is 5.28. The van der Waals surface area contributed by atoms with E-state index in [1.165, 1.54) is 24.3 Å². The van der Waals surface area contributed by atoms with E-state index in [2.05, 4.69) is 4.74 Å². The lowest BCUT2D eigenvalue weighted by atomic mass is 10.1. The number of nitrogens with two attached hydrogens (primary N) is 2. The van der Waals surface area contributed by atoms with E-state index in [1.807, 2.05) is 18.2 Å². The molecule has 0 aliphatic heterocycles. The lowest BCUT2D eigenvalue weighted by Gasteiger charge is -2.27. The summed E-state index contributed by atoms with van der Waals surface area (Å²) < 4.78 is 34.0. The van der Waals surface area contributed by atoms with Crippen molar-refractivity contribution in [2.45, 2.75) is 9.64 Å². The Morgan fingerprint density at radius 1 is 0.960 bits per heavy atom. The number of rotatable bonds is 7. The van der Waals surface area contributed by atoms with Gasteiger partial charge >= 0.3 is 5.97 Å². The molecule has 0 radical (unpaired) electrons. The third kappa shape index (κ3) is 3.51. The first-order valence-corrected chi connectivity index (χ1v) is 8.96. The lowest BCUT2D eigenvalue weighted by molar-refractivity contribution is -0.143. The molecule has 0 amide bonds. The van der Waals surface area contributed by atoms with Crippen molar-refractivity contribution >= 4 is 15.8 Å². The van der Waals surface area contributed by atoms with Crippen LogP contribution < -0.4 is 16.2 Å². The Kier molecular flexibility index (Phi) is 5.78. The van der Waals surface area contributed by atoms with Crippen LogP contribution in [0.1, 0.15) is 0 Å². The first-order valence-electron chi connectivity index (χ1n) is 7.47. The first-order chi connectivity index (χ1) is 11.9. The Hall–Kier alpha value is -2.42.